The Kier molecular flexibility index (Phi) is 3.12. The second-order valence-electron chi connectivity index (χ2n) is 5.90. The number of aryl methyl sites for hydroxylation is 1. The third-order valence-electron chi connectivity index (χ3n) is 3.75. The van der Waals surface area contributed by atoms with Gasteiger partial charge in [-0.2, -0.15) is 0 Å². The van der Waals surface area contributed by atoms with E-state index in [0.717, 1.165) is 36.6 Å². The molecule has 3 N–H and O–H groups in total. The van der Waals surface area contributed by atoms with Crippen molar-refractivity contribution in [1.29, 1.82) is 5.41 Å². The summed E-state index contributed by atoms with van der Waals surface area (Å²) in [6.45, 7) is 4.04. The highest BCUT2D eigenvalue weighted by molar-refractivity contribution is 5.93. The Bertz CT molecular complexity index is 477. The van der Waals surface area contributed by atoms with E-state index in [-0.39, 0.29) is 5.84 Å². The maximum Gasteiger partial charge on any atom is 0.226 e. The molecule has 1 aromatic heterocycles. The molecule has 2 aliphatic rings. The molecule has 19 heavy (non-hydrogen) atoms. The molecule has 2 aliphatic carbocycles. The van der Waals surface area contributed by atoms with Gasteiger partial charge >= 0.3 is 0 Å². The first kappa shape index (κ1) is 12.4. The van der Waals surface area contributed by atoms with E-state index in [0.29, 0.717) is 5.69 Å². The van der Waals surface area contributed by atoms with Crippen LogP contribution in [0.2, 0.25) is 0 Å². The minimum atomic E-state index is 0.0181. The van der Waals surface area contributed by atoms with Crippen LogP contribution in [0.25, 0.3) is 0 Å². The van der Waals surface area contributed by atoms with Gasteiger partial charge in [-0.3, -0.25) is 5.41 Å². The van der Waals surface area contributed by atoms with Gasteiger partial charge in [0, 0.05) is 18.8 Å². The van der Waals surface area contributed by atoms with Crippen molar-refractivity contribution < 1.29 is 0 Å². The highest BCUT2D eigenvalue weighted by Crippen LogP contribution is 2.34. The van der Waals surface area contributed by atoms with Gasteiger partial charge in [0.25, 0.3) is 0 Å². The lowest BCUT2D eigenvalue weighted by Crippen LogP contribution is -2.31. The fourth-order valence-corrected chi connectivity index (χ4v) is 2.29. The second-order valence-corrected chi connectivity index (χ2v) is 5.90. The zero-order valence-electron chi connectivity index (χ0n) is 11.4. The summed E-state index contributed by atoms with van der Waals surface area (Å²) in [5.41, 5.74) is 6.98. The molecule has 0 aliphatic heterocycles. The largest absolute Gasteiger partial charge is 0.382 e. The molecular formula is C14H21N5. The van der Waals surface area contributed by atoms with Crippen LogP contribution in [-0.2, 0) is 0 Å². The number of hydrogen-bond acceptors (Lipinski definition) is 4. The minimum Gasteiger partial charge on any atom is -0.382 e. The number of aromatic nitrogens is 2. The summed E-state index contributed by atoms with van der Waals surface area (Å²) in [4.78, 5) is 11.3. The van der Waals surface area contributed by atoms with Crippen LogP contribution in [0.15, 0.2) is 6.07 Å². The Hall–Kier alpha value is -1.65. The molecule has 2 fully saturated rings. The van der Waals surface area contributed by atoms with Crippen LogP contribution in [0, 0.1) is 24.2 Å². The Morgan fingerprint density at radius 3 is 2.32 bits per heavy atom. The standard InChI is InChI=1S/C14H21N5/c1-9-6-12(13(15)16)18-14(17-9)19(7-10-2-3-10)8-11-4-5-11/h6,10-11H,2-5,7-8H2,1H3,(H3,15,16). The van der Waals surface area contributed by atoms with Crippen LogP contribution in [0.4, 0.5) is 5.95 Å². The van der Waals surface area contributed by atoms with Crippen LogP contribution in [0.5, 0.6) is 0 Å². The predicted molar refractivity (Wildman–Crippen MR) is 75.4 cm³/mol. The molecule has 3 rings (SSSR count). The number of nitrogens with one attached hydrogen (secondary N) is 1. The fourth-order valence-electron chi connectivity index (χ4n) is 2.29. The number of nitrogens with two attached hydrogens (primary N) is 1. The van der Waals surface area contributed by atoms with Gasteiger partial charge in [0.2, 0.25) is 5.95 Å². The van der Waals surface area contributed by atoms with E-state index in [1.54, 1.807) is 6.07 Å². The van der Waals surface area contributed by atoms with Gasteiger partial charge in [0.1, 0.15) is 11.5 Å². The molecular weight excluding hydrogens is 238 g/mol. The van der Waals surface area contributed by atoms with E-state index >= 15 is 0 Å². The lowest BCUT2D eigenvalue weighted by Gasteiger charge is -2.23. The maximum atomic E-state index is 7.55. The monoisotopic (exact) mass is 259 g/mol. The van der Waals surface area contributed by atoms with Gasteiger partial charge in [-0.25, -0.2) is 9.97 Å². The van der Waals surface area contributed by atoms with E-state index in [9.17, 15) is 0 Å². The fraction of sp³-hybridized carbons (Fsp3) is 0.643. The molecule has 0 radical (unpaired) electrons. The van der Waals surface area contributed by atoms with E-state index in [1.165, 1.54) is 25.7 Å². The molecule has 1 aromatic rings. The number of amidine groups is 1. The minimum absolute atomic E-state index is 0.0181. The summed E-state index contributed by atoms with van der Waals surface area (Å²) in [5.74, 6) is 2.39. The molecule has 5 heteroatoms. The summed E-state index contributed by atoms with van der Waals surface area (Å²) in [7, 11) is 0. The van der Waals surface area contributed by atoms with Gasteiger partial charge in [-0.05, 0) is 50.5 Å². The summed E-state index contributed by atoms with van der Waals surface area (Å²) in [5, 5.41) is 7.55. The van der Waals surface area contributed by atoms with Crippen LogP contribution < -0.4 is 10.6 Å². The normalized spacial score (nSPS) is 18.4. The Balaban J connectivity index is 1.84. The van der Waals surface area contributed by atoms with Gasteiger partial charge in [-0.15, -0.1) is 0 Å². The summed E-state index contributed by atoms with van der Waals surface area (Å²) < 4.78 is 0. The molecule has 5 nitrogen and oxygen atoms in total. The van der Waals surface area contributed by atoms with Crippen molar-refractivity contribution in [2.24, 2.45) is 17.6 Å². The molecule has 2 saturated carbocycles. The quantitative estimate of drug-likeness (QED) is 0.602. The first-order valence-electron chi connectivity index (χ1n) is 7.07. The number of anilines is 1. The average molecular weight is 259 g/mol. The number of rotatable bonds is 6. The van der Waals surface area contributed by atoms with Crippen LogP contribution >= 0.6 is 0 Å². The molecule has 0 spiro atoms. The van der Waals surface area contributed by atoms with E-state index in [2.05, 4.69) is 14.9 Å². The molecule has 0 amide bonds. The molecule has 0 unspecified atom stereocenters. The maximum absolute atomic E-state index is 7.55. The van der Waals surface area contributed by atoms with Crippen molar-refractivity contribution >= 4 is 11.8 Å². The average Bonchev–Trinajstić information content (AvgIpc) is 3.22. The number of hydrogen-bond donors (Lipinski definition) is 2. The molecule has 0 aromatic carbocycles. The molecule has 102 valence electrons. The van der Waals surface area contributed by atoms with Gasteiger partial charge in [-0.1, -0.05) is 0 Å². The number of nitrogens with zero attached hydrogens (tertiary/aromatic N) is 3. The first-order valence-corrected chi connectivity index (χ1v) is 7.07. The third kappa shape index (κ3) is 3.22. The van der Waals surface area contributed by atoms with E-state index in [4.69, 9.17) is 11.1 Å². The third-order valence-corrected chi connectivity index (χ3v) is 3.75. The van der Waals surface area contributed by atoms with Crippen molar-refractivity contribution in [1.82, 2.24) is 9.97 Å². The lowest BCUT2D eigenvalue weighted by molar-refractivity contribution is 0.660. The zero-order valence-corrected chi connectivity index (χ0v) is 11.4. The Morgan fingerprint density at radius 2 is 1.84 bits per heavy atom. The van der Waals surface area contributed by atoms with Crippen LogP contribution in [0.1, 0.15) is 37.1 Å². The van der Waals surface area contributed by atoms with E-state index in [1.807, 2.05) is 6.92 Å². The SMILES string of the molecule is Cc1cc(C(=N)N)nc(N(CC2CC2)CC2CC2)n1. The Morgan fingerprint density at radius 1 is 1.26 bits per heavy atom. The summed E-state index contributed by atoms with van der Waals surface area (Å²) in [6, 6.07) is 1.78. The predicted octanol–water partition coefficient (Wildman–Crippen LogP) is 1.70. The van der Waals surface area contributed by atoms with Crippen molar-refractivity contribution in [3.63, 3.8) is 0 Å². The van der Waals surface area contributed by atoms with Crippen LogP contribution in [0.3, 0.4) is 0 Å². The van der Waals surface area contributed by atoms with Crippen molar-refractivity contribution in [3.05, 3.63) is 17.5 Å². The topological polar surface area (TPSA) is 78.9 Å². The molecule has 0 saturated heterocycles. The van der Waals surface area contributed by atoms with Gasteiger partial charge in [0.15, 0.2) is 0 Å². The van der Waals surface area contributed by atoms with Gasteiger partial charge in [0.05, 0.1) is 0 Å². The second kappa shape index (κ2) is 4.79. The van der Waals surface area contributed by atoms with Crippen molar-refractivity contribution in [3.8, 4) is 0 Å². The smallest absolute Gasteiger partial charge is 0.226 e. The first-order chi connectivity index (χ1) is 9.11. The summed E-state index contributed by atoms with van der Waals surface area (Å²) in [6.07, 6.45) is 5.30. The van der Waals surface area contributed by atoms with Gasteiger partial charge < -0.3 is 10.6 Å². The number of nitrogen functional groups attached to an aromatic ring is 1. The van der Waals surface area contributed by atoms with Crippen molar-refractivity contribution in [2.45, 2.75) is 32.6 Å². The lowest BCUT2D eigenvalue weighted by atomic mass is 10.3. The molecule has 0 atom stereocenters. The van der Waals surface area contributed by atoms with E-state index < -0.39 is 0 Å². The zero-order chi connectivity index (χ0) is 13.4. The highest BCUT2D eigenvalue weighted by atomic mass is 15.3. The summed E-state index contributed by atoms with van der Waals surface area (Å²) >= 11 is 0. The highest BCUT2D eigenvalue weighted by Gasteiger charge is 2.30. The molecule has 0 bridgehead atoms. The van der Waals surface area contributed by atoms with Crippen molar-refractivity contribution in [2.75, 3.05) is 18.0 Å². The molecule has 1 heterocycles. The Labute approximate surface area is 113 Å². The van der Waals surface area contributed by atoms with Crippen LogP contribution in [-0.4, -0.2) is 28.9 Å².